The van der Waals surface area contributed by atoms with Gasteiger partial charge in [0.05, 0.1) is 19.6 Å². The van der Waals surface area contributed by atoms with E-state index in [-0.39, 0.29) is 5.91 Å². The maximum Gasteiger partial charge on any atom is 0.227 e. The molecule has 1 amide bonds. The molecular weight excluding hydrogens is 346 g/mol. The van der Waals surface area contributed by atoms with Crippen LogP contribution in [0.4, 0.5) is 5.69 Å². The van der Waals surface area contributed by atoms with Crippen molar-refractivity contribution >= 4 is 28.9 Å². The number of morpholine rings is 1. The third-order valence-electron chi connectivity index (χ3n) is 5.36. The van der Waals surface area contributed by atoms with Gasteiger partial charge in [-0.1, -0.05) is 31.9 Å². The molecule has 1 aromatic rings. The minimum Gasteiger partial charge on any atom is -0.378 e. The lowest BCUT2D eigenvalue weighted by Gasteiger charge is -2.30. The third-order valence-corrected chi connectivity index (χ3v) is 5.58. The van der Waals surface area contributed by atoms with Crippen molar-refractivity contribution in [3.63, 3.8) is 0 Å². The fourth-order valence-electron chi connectivity index (χ4n) is 3.67. The second-order valence-corrected chi connectivity index (χ2v) is 7.74. The van der Waals surface area contributed by atoms with Gasteiger partial charge in [-0.05, 0) is 48.7 Å². The Balaban J connectivity index is 1.47. The Morgan fingerprint density at radius 2 is 1.88 bits per heavy atom. The number of anilines is 1. The molecule has 0 bridgehead atoms. The monoisotopic (exact) mass is 375 g/mol. The summed E-state index contributed by atoms with van der Waals surface area (Å²) in [5, 5.41) is 7.40. The predicted octanol–water partition coefficient (Wildman–Crippen LogP) is 2.95. The van der Waals surface area contributed by atoms with E-state index < -0.39 is 0 Å². The van der Waals surface area contributed by atoms with Gasteiger partial charge in [0.15, 0.2) is 5.11 Å². The largest absolute Gasteiger partial charge is 0.378 e. The summed E-state index contributed by atoms with van der Waals surface area (Å²) in [6, 6.07) is 8.42. The lowest BCUT2D eigenvalue weighted by molar-refractivity contribution is -0.134. The summed E-state index contributed by atoms with van der Waals surface area (Å²) in [5.41, 5.74) is 1.97. The molecular formula is C20H29N3O2S. The van der Waals surface area contributed by atoms with Crippen LogP contribution in [0.3, 0.4) is 0 Å². The number of rotatable bonds is 4. The van der Waals surface area contributed by atoms with Crippen molar-refractivity contribution < 1.29 is 9.53 Å². The molecule has 1 saturated heterocycles. The van der Waals surface area contributed by atoms with Crippen LogP contribution in [0, 0.1) is 5.92 Å². The summed E-state index contributed by atoms with van der Waals surface area (Å²) in [4.78, 5) is 14.2. The Kier molecular flexibility index (Phi) is 6.86. The van der Waals surface area contributed by atoms with Gasteiger partial charge in [-0.15, -0.1) is 0 Å². The molecule has 1 aliphatic carbocycles. The molecule has 3 rings (SSSR count). The van der Waals surface area contributed by atoms with E-state index in [9.17, 15) is 4.79 Å². The number of benzene rings is 1. The average Bonchev–Trinajstić information content (AvgIpc) is 2.66. The highest BCUT2D eigenvalue weighted by Crippen LogP contribution is 2.23. The fourth-order valence-corrected chi connectivity index (χ4v) is 3.94. The van der Waals surface area contributed by atoms with Crippen molar-refractivity contribution in [1.29, 1.82) is 0 Å². The van der Waals surface area contributed by atoms with Crippen LogP contribution in [-0.4, -0.2) is 48.3 Å². The van der Waals surface area contributed by atoms with E-state index in [2.05, 4.69) is 17.6 Å². The first-order valence-electron chi connectivity index (χ1n) is 9.64. The smallest absolute Gasteiger partial charge is 0.227 e. The highest BCUT2D eigenvalue weighted by molar-refractivity contribution is 7.80. The van der Waals surface area contributed by atoms with Crippen LogP contribution in [-0.2, 0) is 16.0 Å². The van der Waals surface area contributed by atoms with Crippen LogP contribution in [0.2, 0.25) is 0 Å². The van der Waals surface area contributed by atoms with Gasteiger partial charge >= 0.3 is 0 Å². The molecule has 1 heterocycles. The van der Waals surface area contributed by atoms with Gasteiger partial charge in [0.1, 0.15) is 0 Å². The summed E-state index contributed by atoms with van der Waals surface area (Å²) < 4.78 is 5.29. The molecule has 26 heavy (non-hydrogen) atoms. The Labute approximate surface area is 161 Å². The van der Waals surface area contributed by atoms with Crippen LogP contribution >= 0.6 is 12.2 Å². The number of nitrogens with one attached hydrogen (secondary N) is 2. The lowest BCUT2D eigenvalue weighted by Crippen LogP contribution is -2.43. The lowest BCUT2D eigenvalue weighted by atomic mass is 9.86. The second-order valence-electron chi connectivity index (χ2n) is 7.33. The maximum atomic E-state index is 12.3. The molecule has 2 atom stereocenters. The minimum absolute atomic E-state index is 0.164. The van der Waals surface area contributed by atoms with Crippen LogP contribution in [0.1, 0.15) is 38.2 Å². The topological polar surface area (TPSA) is 53.6 Å². The third kappa shape index (κ3) is 5.42. The molecule has 1 aromatic carbocycles. The van der Waals surface area contributed by atoms with Crippen LogP contribution in [0.15, 0.2) is 24.3 Å². The summed E-state index contributed by atoms with van der Waals surface area (Å²) in [7, 11) is 0. The van der Waals surface area contributed by atoms with E-state index in [1.54, 1.807) is 0 Å². The Hall–Kier alpha value is -1.66. The van der Waals surface area contributed by atoms with E-state index in [1.165, 1.54) is 25.7 Å². The van der Waals surface area contributed by atoms with Crippen molar-refractivity contribution in [3.8, 4) is 0 Å². The van der Waals surface area contributed by atoms with Crippen molar-refractivity contribution in [2.24, 2.45) is 5.92 Å². The Morgan fingerprint density at radius 3 is 2.58 bits per heavy atom. The molecule has 2 N–H and O–H groups in total. The van der Waals surface area contributed by atoms with Gasteiger partial charge in [-0.2, -0.15) is 0 Å². The molecule has 0 spiro atoms. The first-order chi connectivity index (χ1) is 12.6. The van der Waals surface area contributed by atoms with Gasteiger partial charge < -0.3 is 20.3 Å². The Morgan fingerprint density at radius 1 is 1.19 bits per heavy atom. The van der Waals surface area contributed by atoms with Crippen LogP contribution in [0.5, 0.6) is 0 Å². The average molecular weight is 376 g/mol. The number of carbonyl (C=O) groups is 1. The fraction of sp³-hybridized carbons (Fsp3) is 0.600. The molecule has 2 fully saturated rings. The number of thiocarbonyl (C=S) groups is 1. The zero-order chi connectivity index (χ0) is 18.4. The zero-order valence-electron chi connectivity index (χ0n) is 15.5. The number of hydrogen-bond donors (Lipinski definition) is 2. The number of ether oxygens (including phenoxy) is 1. The van der Waals surface area contributed by atoms with E-state index in [0.29, 0.717) is 49.8 Å². The first kappa shape index (κ1) is 19.1. The van der Waals surface area contributed by atoms with Gasteiger partial charge in [0.2, 0.25) is 5.91 Å². The summed E-state index contributed by atoms with van der Waals surface area (Å²) in [6.45, 7) is 4.95. The normalized spacial score (nSPS) is 23.3. The molecule has 2 aliphatic rings. The summed E-state index contributed by atoms with van der Waals surface area (Å²) in [6.07, 6.45) is 5.49. The van der Waals surface area contributed by atoms with Crippen LogP contribution < -0.4 is 10.6 Å². The van der Waals surface area contributed by atoms with Crippen LogP contribution in [0.25, 0.3) is 0 Å². The molecule has 2 unspecified atom stereocenters. The van der Waals surface area contributed by atoms with Gasteiger partial charge in [-0.3, -0.25) is 4.79 Å². The van der Waals surface area contributed by atoms with Crippen molar-refractivity contribution in [3.05, 3.63) is 29.8 Å². The zero-order valence-corrected chi connectivity index (χ0v) is 16.3. The molecule has 0 radical (unpaired) electrons. The molecule has 6 heteroatoms. The number of carbonyl (C=O) groups excluding carboxylic acids is 1. The number of hydrogen-bond acceptors (Lipinski definition) is 3. The standard InChI is InChI=1S/C20H29N3O2S/c1-15-4-2-3-5-18(15)22-20(26)21-17-8-6-16(7-9-17)14-19(24)23-10-12-25-13-11-23/h6-9,15,18H,2-5,10-14H2,1H3,(H2,21,22,26). The quantitative estimate of drug-likeness (QED) is 0.793. The SMILES string of the molecule is CC1CCCCC1NC(=S)Nc1ccc(CC(=O)N2CCOCC2)cc1. The van der Waals surface area contributed by atoms with E-state index in [4.69, 9.17) is 17.0 Å². The number of nitrogens with zero attached hydrogens (tertiary/aromatic N) is 1. The Bertz CT molecular complexity index is 614. The molecule has 5 nitrogen and oxygen atoms in total. The van der Waals surface area contributed by atoms with Gasteiger partial charge in [0.25, 0.3) is 0 Å². The van der Waals surface area contributed by atoms with Crippen molar-refractivity contribution in [2.45, 2.75) is 45.1 Å². The molecule has 0 aromatic heterocycles. The van der Waals surface area contributed by atoms with Crippen molar-refractivity contribution in [1.82, 2.24) is 10.2 Å². The summed E-state index contributed by atoms with van der Waals surface area (Å²) >= 11 is 5.46. The second kappa shape index (κ2) is 9.33. The summed E-state index contributed by atoms with van der Waals surface area (Å²) in [5.74, 6) is 0.828. The molecule has 142 valence electrons. The maximum absolute atomic E-state index is 12.3. The van der Waals surface area contributed by atoms with Gasteiger partial charge in [0, 0.05) is 24.8 Å². The molecule has 1 saturated carbocycles. The minimum atomic E-state index is 0.164. The highest BCUT2D eigenvalue weighted by Gasteiger charge is 2.21. The highest BCUT2D eigenvalue weighted by atomic mass is 32.1. The van der Waals surface area contributed by atoms with E-state index in [0.717, 1.165) is 11.3 Å². The van der Waals surface area contributed by atoms with E-state index in [1.807, 2.05) is 29.2 Å². The number of amides is 1. The molecule has 1 aliphatic heterocycles. The first-order valence-corrected chi connectivity index (χ1v) is 10.0. The van der Waals surface area contributed by atoms with E-state index >= 15 is 0 Å². The van der Waals surface area contributed by atoms with Gasteiger partial charge in [-0.25, -0.2) is 0 Å². The van der Waals surface area contributed by atoms with Crippen molar-refractivity contribution in [2.75, 3.05) is 31.6 Å². The predicted molar refractivity (Wildman–Crippen MR) is 108 cm³/mol.